The molecule has 0 fully saturated rings. The monoisotopic (exact) mass is 302 g/mol. The number of carbonyl (C=O) groups excluding carboxylic acids is 1. The molecule has 1 amide bonds. The number of carbonyl (C=O) groups is 1. The SMILES string of the molecule is Cc1c(C(=O)Nc2ccccc2F)[nH]c2ccc(Cl)cc12. The number of H-pyrrole nitrogens is 1. The lowest BCUT2D eigenvalue weighted by molar-refractivity contribution is 0.102. The number of aryl methyl sites for hydroxylation is 1. The number of nitrogens with one attached hydrogen (secondary N) is 2. The molecular formula is C16H12ClFN2O. The second kappa shape index (κ2) is 5.22. The van der Waals surface area contributed by atoms with Crippen LogP contribution in [0.3, 0.4) is 0 Å². The van der Waals surface area contributed by atoms with Gasteiger partial charge in [0.1, 0.15) is 11.5 Å². The molecule has 0 saturated heterocycles. The third kappa shape index (κ3) is 2.50. The van der Waals surface area contributed by atoms with E-state index in [2.05, 4.69) is 10.3 Å². The molecule has 1 aromatic heterocycles. The Kier molecular flexibility index (Phi) is 3.39. The second-order valence-electron chi connectivity index (χ2n) is 4.75. The van der Waals surface area contributed by atoms with E-state index in [1.54, 1.807) is 24.3 Å². The Balaban J connectivity index is 1.99. The molecule has 1 heterocycles. The van der Waals surface area contributed by atoms with E-state index in [4.69, 9.17) is 11.6 Å². The molecule has 21 heavy (non-hydrogen) atoms. The zero-order valence-corrected chi connectivity index (χ0v) is 12.0. The fraction of sp³-hybridized carbons (Fsp3) is 0.0625. The van der Waals surface area contributed by atoms with Crippen molar-refractivity contribution in [2.24, 2.45) is 0 Å². The van der Waals surface area contributed by atoms with Crippen LogP contribution in [-0.2, 0) is 0 Å². The van der Waals surface area contributed by atoms with Crippen LogP contribution in [0.25, 0.3) is 10.9 Å². The summed E-state index contributed by atoms with van der Waals surface area (Å²) in [5.41, 5.74) is 2.14. The van der Waals surface area contributed by atoms with Crippen molar-refractivity contribution in [3.63, 3.8) is 0 Å². The standard InChI is InChI=1S/C16H12ClFN2O/c1-9-11-8-10(17)6-7-13(11)19-15(9)16(21)20-14-5-3-2-4-12(14)18/h2-8,19H,1H3,(H,20,21). The van der Waals surface area contributed by atoms with Gasteiger partial charge >= 0.3 is 0 Å². The minimum Gasteiger partial charge on any atom is -0.350 e. The molecule has 0 atom stereocenters. The van der Waals surface area contributed by atoms with Crippen molar-refractivity contribution in [2.45, 2.75) is 6.92 Å². The molecule has 106 valence electrons. The highest BCUT2D eigenvalue weighted by molar-refractivity contribution is 6.31. The van der Waals surface area contributed by atoms with Gasteiger partial charge in [0.15, 0.2) is 0 Å². The number of aromatic nitrogens is 1. The number of para-hydroxylation sites is 1. The van der Waals surface area contributed by atoms with E-state index in [0.29, 0.717) is 10.7 Å². The molecule has 2 N–H and O–H groups in total. The third-order valence-corrected chi connectivity index (χ3v) is 3.60. The summed E-state index contributed by atoms with van der Waals surface area (Å²) in [6.45, 7) is 1.82. The van der Waals surface area contributed by atoms with E-state index in [9.17, 15) is 9.18 Å². The van der Waals surface area contributed by atoms with Crippen LogP contribution in [0.4, 0.5) is 10.1 Å². The van der Waals surface area contributed by atoms with Crippen molar-refractivity contribution in [3.05, 3.63) is 64.6 Å². The summed E-state index contributed by atoms with van der Waals surface area (Å²) < 4.78 is 13.6. The molecule has 0 radical (unpaired) electrons. The fourth-order valence-electron chi connectivity index (χ4n) is 2.27. The molecule has 0 saturated carbocycles. The van der Waals surface area contributed by atoms with Gasteiger partial charge in [0.25, 0.3) is 5.91 Å². The predicted molar refractivity (Wildman–Crippen MR) is 82.4 cm³/mol. The molecule has 0 bridgehead atoms. The minimum absolute atomic E-state index is 0.151. The number of aromatic amines is 1. The third-order valence-electron chi connectivity index (χ3n) is 3.37. The van der Waals surface area contributed by atoms with E-state index >= 15 is 0 Å². The maximum atomic E-state index is 13.6. The molecule has 5 heteroatoms. The van der Waals surface area contributed by atoms with Gasteiger partial charge in [-0.15, -0.1) is 0 Å². The topological polar surface area (TPSA) is 44.9 Å². The Hall–Kier alpha value is -2.33. The van der Waals surface area contributed by atoms with E-state index in [0.717, 1.165) is 16.5 Å². The molecule has 0 aliphatic rings. The summed E-state index contributed by atoms with van der Waals surface area (Å²) >= 11 is 5.97. The van der Waals surface area contributed by atoms with Gasteiger partial charge in [-0.25, -0.2) is 4.39 Å². The predicted octanol–water partition coefficient (Wildman–Crippen LogP) is 4.52. The number of hydrogen-bond acceptors (Lipinski definition) is 1. The number of amides is 1. The lowest BCUT2D eigenvalue weighted by Crippen LogP contribution is -2.14. The molecule has 0 aliphatic heterocycles. The molecule has 0 unspecified atom stereocenters. The van der Waals surface area contributed by atoms with Crippen molar-refractivity contribution < 1.29 is 9.18 Å². The van der Waals surface area contributed by atoms with Crippen LogP contribution in [0.1, 0.15) is 16.1 Å². The molecule has 0 spiro atoms. The van der Waals surface area contributed by atoms with Crippen LogP contribution in [0.5, 0.6) is 0 Å². The van der Waals surface area contributed by atoms with Crippen LogP contribution in [0.2, 0.25) is 5.02 Å². The van der Waals surface area contributed by atoms with Crippen LogP contribution in [0.15, 0.2) is 42.5 Å². The molecule has 2 aromatic carbocycles. The normalized spacial score (nSPS) is 10.8. The summed E-state index contributed by atoms with van der Waals surface area (Å²) in [6.07, 6.45) is 0. The Labute approximate surface area is 125 Å². The number of rotatable bonds is 2. The molecule has 3 rings (SSSR count). The first-order valence-corrected chi connectivity index (χ1v) is 6.78. The van der Waals surface area contributed by atoms with Crippen molar-refractivity contribution >= 4 is 34.1 Å². The first-order valence-electron chi connectivity index (χ1n) is 6.40. The van der Waals surface area contributed by atoms with Crippen molar-refractivity contribution in [1.82, 2.24) is 4.98 Å². The van der Waals surface area contributed by atoms with Crippen molar-refractivity contribution in [1.29, 1.82) is 0 Å². The zero-order valence-electron chi connectivity index (χ0n) is 11.2. The maximum absolute atomic E-state index is 13.6. The van der Waals surface area contributed by atoms with Gasteiger partial charge in [0.05, 0.1) is 5.69 Å². The number of hydrogen-bond donors (Lipinski definition) is 2. The van der Waals surface area contributed by atoms with Crippen molar-refractivity contribution in [3.8, 4) is 0 Å². The van der Waals surface area contributed by atoms with Crippen molar-refractivity contribution in [2.75, 3.05) is 5.32 Å². The molecule has 3 nitrogen and oxygen atoms in total. The highest BCUT2D eigenvalue weighted by Gasteiger charge is 2.16. The summed E-state index contributed by atoms with van der Waals surface area (Å²) in [5.74, 6) is -0.854. The Morgan fingerprint density at radius 3 is 2.76 bits per heavy atom. The Bertz CT molecular complexity index is 841. The number of fused-ring (bicyclic) bond motifs is 1. The number of anilines is 1. The second-order valence-corrected chi connectivity index (χ2v) is 5.19. The molecular weight excluding hydrogens is 291 g/mol. The Morgan fingerprint density at radius 2 is 2.00 bits per heavy atom. The first kappa shape index (κ1) is 13.6. The summed E-state index contributed by atoms with van der Waals surface area (Å²) in [5, 5.41) is 4.04. The highest BCUT2D eigenvalue weighted by atomic mass is 35.5. The largest absolute Gasteiger partial charge is 0.350 e. The van der Waals surface area contributed by atoms with Gasteiger partial charge < -0.3 is 10.3 Å². The summed E-state index contributed by atoms with van der Waals surface area (Å²) in [6, 6.07) is 11.4. The van der Waals surface area contributed by atoms with E-state index in [1.165, 1.54) is 12.1 Å². The van der Waals surface area contributed by atoms with Crippen LogP contribution < -0.4 is 5.32 Å². The van der Waals surface area contributed by atoms with Gasteiger partial charge in [0.2, 0.25) is 0 Å². The first-order chi connectivity index (χ1) is 10.1. The maximum Gasteiger partial charge on any atom is 0.272 e. The van der Waals surface area contributed by atoms with Gasteiger partial charge in [-0.05, 0) is 42.8 Å². The van der Waals surface area contributed by atoms with E-state index in [1.807, 2.05) is 13.0 Å². The minimum atomic E-state index is -0.470. The lowest BCUT2D eigenvalue weighted by Gasteiger charge is -2.05. The van der Waals surface area contributed by atoms with Crippen LogP contribution >= 0.6 is 11.6 Å². The molecule has 3 aromatic rings. The Morgan fingerprint density at radius 1 is 1.24 bits per heavy atom. The summed E-state index contributed by atoms with van der Waals surface area (Å²) in [7, 11) is 0. The van der Waals surface area contributed by atoms with Gasteiger partial charge in [-0.3, -0.25) is 4.79 Å². The van der Waals surface area contributed by atoms with Crippen LogP contribution in [0, 0.1) is 12.7 Å². The number of halogens is 2. The van der Waals surface area contributed by atoms with Gasteiger partial charge in [-0.1, -0.05) is 23.7 Å². The van der Waals surface area contributed by atoms with Gasteiger partial charge in [-0.2, -0.15) is 0 Å². The average molecular weight is 303 g/mol. The van der Waals surface area contributed by atoms with Gasteiger partial charge in [0, 0.05) is 15.9 Å². The number of benzene rings is 2. The smallest absolute Gasteiger partial charge is 0.272 e. The quantitative estimate of drug-likeness (QED) is 0.718. The molecule has 0 aliphatic carbocycles. The van der Waals surface area contributed by atoms with E-state index < -0.39 is 5.82 Å². The lowest BCUT2D eigenvalue weighted by atomic mass is 10.1. The fourth-order valence-corrected chi connectivity index (χ4v) is 2.45. The zero-order chi connectivity index (χ0) is 15.0. The van der Waals surface area contributed by atoms with E-state index in [-0.39, 0.29) is 11.6 Å². The highest BCUT2D eigenvalue weighted by Crippen LogP contribution is 2.25. The van der Waals surface area contributed by atoms with Crippen LogP contribution in [-0.4, -0.2) is 10.9 Å². The average Bonchev–Trinajstić information content (AvgIpc) is 2.79. The summed E-state index contributed by atoms with van der Waals surface area (Å²) in [4.78, 5) is 15.3.